The predicted molar refractivity (Wildman–Crippen MR) is 144 cm³/mol. The summed E-state index contributed by atoms with van der Waals surface area (Å²) in [6.45, 7) is 14.0. The van der Waals surface area contributed by atoms with Gasteiger partial charge in [0.2, 0.25) is 0 Å². The highest BCUT2D eigenvalue weighted by atomic mass is 16.6. The number of fused-ring (bicyclic) bond motifs is 2. The van der Waals surface area contributed by atoms with Crippen molar-refractivity contribution in [1.29, 1.82) is 0 Å². The van der Waals surface area contributed by atoms with Gasteiger partial charge in [0.15, 0.2) is 11.5 Å². The maximum absolute atomic E-state index is 13.3. The lowest BCUT2D eigenvalue weighted by atomic mass is 9.96. The van der Waals surface area contributed by atoms with E-state index in [2.05, 4.69) is 19.9 Å². The van der Waals surface area contributed by atoms with E-state index in [1.807, 2.05) is 40.7 Å². The highest BCUT2D eigenvalue weighted by Crippen LogP contribution is 2.60. The second kappa shape index (κ2) is 10.4. The van der Waals surface area contributed by atoms with Crippen LogP contribution < -0.4 is 14.2 Å². The van der Waals surface area contributed by atoms with Crippen molar-refractivity contribution in [2.24, 2.45) is 23.2 Å². The Labute approximate surface area is 224 Å². The van der Waals surface area contributed by atoms with E-state index in [4.69, 9.17) is 18.9 Å². The van der Waals surface area contributed by atoms with E-state index in [0.717, 1.165) is 11.1 Å². The van der Waals surface area contributed by atoms with Crippen LogP contribution in [0.15, 0.2) is 35.9 Å². The molecule has 7 heteroatoms. The number of carbonyl (C=O) groups is 2. The number of cyclic esters (lactones) is 1. The van der Waals surface area contributed by atoms with Gasteiger partial charge in [-0.25, -0.2) is 4.79 Å². The van der Waals surface area contributed by atoms with E-state index in [-0.39, 0.29) is 58.6 Å². The van der Waals surface area contributed by atoms with Crippen molar-refractivity contribution in [1.82, 2.24) is 0 Å². The molecule has 0 amide bonds. The fraction of sp³-hybridized carbons (Fsp3) is 0.484. The molecular weight excluding hydrogens is 484 g/mol. The Morgan fingerprint density at radius 2 is 1.95 bits per heavy atom. The fourth-order valence-electron chi connectivity index (χ4n) is 5.32. The van der Waals surface area contributed by atoms with Gasteiger partial charge in [-0.3, -0.25) is 4.79 Å². The normalized spacial score (nSPS) is 20.1. The first-order valence-corrected chi connectivity index (χ1v) is 13.1. The van der Waals surface area contributed by atoms with E-state index in [1.165, 1.54) is 7.11 Å². The molecule has 2 aliphatic rings. The molecule has 2 unspecified atom stereocenters. The minimum absolute atomic E-state index is 0.0723. The molecule has 1 N–H and O–H groups in total. The molecule has 1 aliphatic heterocycles. The van der Waals surface area contributed by atoms with Gasteiger partial charge in [-0.15, -0.1) is 0 Å². The summed E-state index contributed by atoms with van der Waals surface area (Å²) in [6, 6.07) is 6.91. The molecule has 0 aromatic heterocycles. The SMILES string of the molecule is COc1c([C@@H](O)CC(C)C)ccc2c1C(=O)OCc1cc(C)cc(OC(=O)C3C(C=C(C)C)C3(C)C)c1O2. The number of esters is 2. The van der Waals surface area contributed by atoms with Crippen molar-refractivity contribution >= 4 is 11.9 Å². The van der Waals surface area contributed by atoms with Gasteiger partial charge in [0.05, 0.1) is 19.1 Å². The molecule has 0 spiro atoms. The Bertz CT molecular complexity index is 1280. The molecule has 1 fully saturated rings. The van der Waals surface area contributed by atoms with Gasteiger partial charge >= 0.3 is 11.9 Å². The Morgan fingerprint density at radius 3 is 2.58 bits per heavy atom. The lowest BCUT2D eigenvalue weighted by molar-refractivity contribution is -0.136. The predicted octanol–water partition coefficient (Wildman–Crippen LogP) is 6.69. The Hall–Kier alpha value is -3.32. The zero-order valence-corrected chi connectivity index (χ0v) is 23.5. The molecule has 3 atom stereocenters. The molecule has 2 aromatic carbocycles. The number of rotatable bonds is 7. The summed E-state index contributed by atoms with van der Waals surface area (Å²) in [7, 11) is 1.44. The van der Waals surface area contributed by atoms with Crippen LogP contribution in [-0.4, -0.2) is 24.2 Å². The minimum atomic E-state index is -0.824. The number of aryl methyl sites for hydroxylation is 1. The highest BCUT2D eigenvalue weighted by Gasteiger charge is 2.61. The van der Waals surface area contributed by atoms with E-state index in [0.29, 0.717) is 23.3 Å². The second-order valence-corrected chi connectivity index (χ2v) is 11.6. The fourth-order valence-corrected chi connectivity index (χ4v) is 5.32. The smallest absolute Gasteiger partial charge is 0.346 e. The molecule has 1 aliphatic carbocycles. The summed E-state index contributed by atoms with van der Waals surface area (Å²) in [5.41, 5.74) is 2.96. The van der Waals surface area contributed by atoms with Crippen LogP contribution in [0.2, 0.25) is 0 Å². The number of benzene rings is 2. The van der Waals surface area contributed by atoms with Crippen molar-refractivity contribution in [2.75, 3.05) is 7.11 Å². The van der Waals surface area contributed by atoms with Crippen LogP contribution in [0.25, 0.3) is 0 Å². The summed E-state index contributed by atoms with van der Waals surface area (Å²) in [5.74, 6) is 0.125. The summed E-state index contributed by atoms with van der Waals surface area (Å²) >= 11 is 0. The number of methoxy groups -OCH3 is 1. The standard InChI is InChI=1S/C31H38O7/c1-16(2)11-21-26(31(21,6)7)30(34)38-24-14-18(5)13-19-15-36-29(33)25-23(37-27(19)24)10-9-20(28(25)35-8)22(32)12-17(3)4/h9-11,13-14,17,21-22,26,32H,12,15H2,1-8H3/t21?,22-,26?/m0/s1. The third kappa shape index (κ3) is 5.30. The van der Waals surface area contributed by atoms with Crippen molar-refractivity contribution in [3.8, 4) is 23.0 Å². The summed E-state index contributed by atoms with van der Waals surface area (Å²) in [4.78, 5) is 26.4. The molecule has 7 nitrogen and oxygen atoms in total. The lowest BCUT2D eigenvalue weighted by Crippen LogP contribution is -2.17. The van der Waals surface area contributed by atoms with Gasteiger partial charge in [0.1, 0.15) is 23.7 Å². The summed E-state index contributed by atoms with van der Waals surface area (Å²) in [6.07, 6.45) is 1.80. The van der Waals surface area contributed by atoms with Gasteiger partial charge in [-0.05, 0) is 74.3 Å². The second-order valence-electron chi connectivity index (χ2n) is 11.6. The quantitative estimate of drug-likeness (QED) is 0.246. The maximum atomic E-state index is 13.3. The molecule has 1 heterocycles. The van der Waals surface area contributed by atoms with Gasteiger partial charge < -0.3 is 24.1 Å². The first-order chi connectivity index (χ1) is 17.8. The van der Waals surface area contributed by atoms with E-state index in [9.17, 15) is 14.7 Å². The number of aliphatic hydroxyl groups is 1. The Morgan fingerprint density at radius 1 is 1.24 bits per heavy atom. The third-order valence-corrected chi connectivity index (χ3v) is 7.35. The number of ether oxygens (including phenoxy) is 4. The Kier molecular flexibility index (Phi) is 7.62. The van der Waals surface area contributed by atoms with Crippen LogP contribution in [0.5, 0.6) is 23.0 Å². The molecule has 38 heavy (non-hydrogen) atoms. The van der Waals surface area contributed by atoms with Crippen LogP contribution in [-0.2, 0) is 16.1 Å². The van der Waals surface area contributed by atoms with Crippen molar-refractivity contribution < 1.29 is 33.6 Å². The maximum Gasteiger partial charge on any atom is 0.346 e. The minimum Gasteiger partial charge on any atom is -0.495 e. The number of carbonyl (C=O) groups excluding carboxylic acids is 2. The number of allylic oxidation sites excluding steroid dienone is 2. The molecule has 4 rings (SSSR count). The molecule has 2 aromatic rings. The van der Waals surface area contributed by atoms with Crippen LogP contribution in [0.1, 0.15) is 81.1 Å². The largest absolute Gasteiger partial charge is 0.495 e. The number of hydrogen-bond acceptors (Lipinski definition) is 7. The average molecular weight is 523 g/mol. The monoisotopic (exact) mass is 522 g/mol. The third-order valence-electron chi connectivity index (χ3n) is 7.35. The molecule has 1 saturated carbocycles. The average Bonchev–Trinajstić information content (AvgIpc) is 3.35. The number of aliphatic hydroxyl groups excluding tert-OH is 1. The Balaban J connectivity index is 1.73. The zero-order valence-electron chi connectivity index (χ0n) is 23.5. The van der Waals surface area contributed by atoms with Crippen LogP contribution in [0.4, 0.5) is 0 Å². The lowest BCUT2D eigenvalue weighted by Gasteiger charge is -2.24. The van der Waals surface area contributed by atoms with Crippen LogP contribution >= 0.6 is 0 Å². The topological polar surface area (TPSA) is 91.3 Å². The van der Waals surface area contributed by atoms with Crippen molar-refractivity contribution in [3.05, 3.63) is 58.2 Å². The molecule has 0 radical (unpaired) electrons. The summed E-state index contributed by atoms with van der Waals surface area (Å²) < 4.78 is 23.5. The van der Waals surface area contributed by atoms with Gasteiger partial charge in [-0.2, -0.15) is 0 Å². The molecule has 204 valence electrons. The van der Waals surface area contributed by atoms with Crippen LogP contribution in [0.3, 0.4) is 0 Å². The molecular formula is C31H38O7. The number of hydrogen-bond donors (Lipinski definition) is 1. The van der Waals surface area contributed by atoms with Gasteiger partial charge in [-0.1, -0.05) is 39.3 Å². The van der Waals surface area contributed by atoms with Crippen molar-refractivity contribution in [2.45, 2.75) is 67.6 Å². The van der Waals surface area contributed by atoms with Crippen molar-refractivity contribution in [3.63, 3.8) is 0 Å². The molecule has 0 saturated heterocycles. The summed E-state index contributed by atoms with van der Waals surface area (Å²) in [5, 5.41) is 10.8. The van der Waals surface area contributed by atoms with Crippen LogP contribution in [0, 0.1) is 30.1 Å². The van der Waals surface area contributed by atoms with Gasteiger partial charge in [0.25, 0.3) is 0 Å². The van der Waals surface area contributed by atoms with E-state index < -0.39 is 12.1 Å². The zero-order chi connectivity index (χ0) is 27.9. The molecule has 0 bridgehead atoms. The van der Waals surface area contributed by atoms with E-state index >= 15 is 0 Å². The first-order valence-electron chi connectivity index (χ1n) is 13.1. The van der Waals surface area contributed by atoms with E-state index in [1.54, 1.807) is 18.2 Å². The highest BCUT2D eigenvalue weighted by molar-refractivity contribution is 5.97. The van der Waals surface area contributed by atoms with Gasteiger partial charge in [0, 0.05) is 11.1 Å². The first kappa shape index (κ1) is 27.7.